The predicted octanol–water partition coefficient (Wildman–Crippen LogP) is 2.38. The van der Waals surface area contributed by atoms with Crippen LogP contribution in [0, 0.1) is 26.7 Å². The number of hydrogen-bond acceptors (Lipinski definition) is 5. The first kappa shape index (κ1) is 14.4. The molecule has 3 rings (SSSR count). The first-order chi connectivity index (χ1) is 10.1. The molecule has 1 unspecified atom stereocenters. The van der Waals surface area contributed by atoms with Gasteiger partial charge in [-0.3, -0.25) is 4.79 Å². The van der Waals surface area contributed by atoms with Crippen molar-refractivity contribution in [3.63, 3.8) is 0 Å². The number of nitrogens with zero attached hydrogens (tertiary/aromatic N) is 2. The molecule has 1 amide bonds. The van der Waals surface area contributed by atoms with E-state index in [1.54, 1.807) is 0 Å². The number of ether oxygens (including phenoxy) is 1. The van der Waals surface area contributed by atoms with Gasteiger partial charge in [-0.15, -0.1) is 11.3 Å². The molecule has 5 nitrogen and oxygen atoms in total. The number of carbonyl (C=O) groups excluding carboxylic acids is 1. The van der Waals surface area contributed by atoms with Gasteiger partial charge in [0.1, 0.15) is 10.7 Å². The summed E-state index contributed by atoms with van der Waals surface area (Å²) in [6.45, 7) is 8.04. The summed E-state index contributed by atoms with van der Waals surface area (Å²) in [6, 6.07) is 0. The molecule has 0 bridgehead atoms. The van der Waals surface area contributed by atoms with Crippen LogP contribution in [0.25, 0.3) is 10.2 Å². The zero-order valence-electron chi connectivity index (χ0n) is 12.5. The van der Waals surface area contributed by atoms with Gasteiger partial charge in [-0.2, -0.15) is 0 Å². The van der Waals surface area contributed by atoms with Gasteiger partial charge in [0, 0.05) is 30.1 Å². The molecule has 0 aliphatic carbocycles. The van der Waals surface area contributed by atoms with E-state index in [9.17, 15) is 4.79 Å². The lowest BCUT2D eigenvalue weighted by Crippen LogP contribution is -2.29. The van der Waals surface area contributed by atoms with Crippen molar-refractivity contribution >= 4 is 27.5 Å². The van der Waals surface area contributed by atoms with Gasteiger partial charge >= 0.3 is 0 Å². The van der Waals surface area contributed by atoms with Crippen molar-refractivity contribution in [1.29, 1.82) is 0 Å². The summed E-state index contributed by atoms with van der Waals surface area (Å²) in [6.07, 6.45) is 1.02. The van der Waals surface area contributed by atoms with E-state index < -0.39 is 0 Å². The molecule has 3 heterocycles. The molecule has 2 aromatic rings. The third-order valence-corrected chi connectivity index (χ3v) is 5.05. The molecule has 6 heteroatoms. The van der Waals surface area contributed by atoms with Gasteiger partial charge in [0.05, 0.1) is 11.5 Å². The van der Waals surface area contributed by atoms with E-state index in [4.69, 9.17) is 4.74 Å². The SMILES string of the molecule is Cc1nc(C)c2c(C)c(C(=O)NCC3CCOC3)sc2n1. The van der Waals surface area contributed by atoms with E-state index >= 15 is 0 Å². The number of aromatic nitrogens is 2. The van der Waals surface area contributed by atoms with E-state index in [1.165, 1.54) is 11.3 Å². The lowest BCUT2D eigenvalue weighted by molar-refractivity contribution is 0.0948. The van der Waals surface area contributed by atoms with Crippen LogP contribution in [-0.2, 0) is 4.74 Å². The molecule has 0 spiro atoms. The molecule has 1 saturated heterocycles. The summed E-state index contributed by atoms with van der Waals surface area (Å²) in [4.78, 5) is 22.9. The number of hydrogen-bond donors (Lipinski definition) is 1. The van der Waals surface area contributed by atoms with Crippen LogP contribution in [0.5, 0.6) is 0 Å². The molecule has 1 aliphatic rings. The Labute approximate surface area is 127 Å². The van der Waals surface area contributed by atoms with Crippen molar-refractivity contribution in [1.82, 2.24) is 15.3 Å². The standard InChI is InChI=1S/C15H19N3O2S/c1-8-12-9(2)17-10(3)18-15(12)21-13(8)14(19)16-6-11-4-5-20-7-11/h11H,4-7H2,1-3H3,(H,16,19). The largest absolute Gasteiger partial charge is 0.381 e. The number of rotatable bonds is 3. The molecule has 0 radical (unpaired) electrons. The highest BCUT2D eigenvalue weighted by atomic mass is 32.1. The molecular formula is C15H19N3O2S. The molecule has 0 saturated carbocycles. The maximum atomic E-state index is 12.4. The molecule has 1 N–H and O–H groups in total. The first-order valence-electron chi connectivity index (χ1n) is 7.16. The van der Waals surface area contributed by atoms with Crippen molar-refractivity contribution < 1.29 is 9.53 Å². The minimum Gasteiger partial charge on any atom is -0.381 e. The van der Waals surface area contributed by atoms with Crippen LogP contribution in [0.3, 0.4) is 0 Å². The fourth-order valence-corrected chi connectivity index (χ4v) is 3.95. The maximum Gasteiger partial charge on any atom is 0.261 e. The minimum atomic E-state index is -0.0144. The van der Waals surface area contributed by atoms with Gasteiger partial charge in [-0.05, 0) is 32.8 Å². The molecule has 2 aromatic heterocycles. The van der Waals surface area contributed by atoms with Crippen molar-refractivity contribution in [2.45, 2.75) is 27.2 Å². The Balaban J connectivity index is 1.84. The van der Waals surface area contributed by atoms with Crippen molar-refractivity contribution in [3.05, 3.63) is 22.0 Å². The molecule has 1 fully saturated rings. The van der Waals surface area contributed by atoms with E-state index in [2.05, 4.69) is 15.3 Å². The topological polar surface area (TPSA) is 64.1 Å². The Morgan fingerprint density at radius 1 is 1.38 bits per heavy atom. The summed E-state index contributed by atoms with van der Waals surface area (Å²) in [5.41, 5.74) is 1.92. The predicted molar refractivity (Wildman–Crippen MR) is 82.9 cm³/mol. The van der Waals surface area contributed by atoms with Crippen molar-refractivity contribution in [2.75, 3.05) is 19.8 Å². The number of nitrogens with one attached hydrogen (secondary N) is 1. The Morgan fingerprint density at radius 3 is 2.90 bits per heavy atom. The quantitative estimate of drug-likeness (QED) is 0.945. The Hall–Kier alpha value is -1.53. The monoisotopic (exact) mass is 305 g/mol. The summed E-state index contributed by atoms with van der Waals surface area (Å²) in [5, 5.41) is 4.03. The maximum absolute atomic E-state index is 12.4. The highest BCUT2D eigenvalue weighted by Gasteiger charge is 2.21. The summed E-state index contributed by atoms with van der Waals surface area (Å²) >= 11 is 1.45. The smallest absolute Gasteiger partial charge is 0.261 e. The van der Waals surface area contributed by atoms with E-state index in [1.807, 2.05) is 20.8 Å². The van der Waals surface area contributed by atoms with E-state index in [0.29, 0.717) is 12.5 Å². The van der Waals surface area contributed by atoms with Gasteiger partial charge in [-0.25, -0.2) is 9.97 Å². The molecule has 1 atom stereocenters. The molecule has 1 aliphatic heterocycles. The van der Waals surface area contributed by atoms with E-state index in [0.717, 1.165) is 51.8 Å². The Kier molecular flexibility index (Phi) is 3.91. The number of fused-ring (bicyclic) bond motifs is 1. The summed E-state index contributed by atoms with van der Waals surface area (Å²) in [7, 11) is 0. The second-order valence-electron chi connectivity index (χ2n) is 5.53. The molecule has 112 valence electrons. The Bertz CT molecular complexity index is 690. The fourth-order valence-electron chi connectivity index (χ4n) is 2.75. The summed E-state index contributed by atoms with van der Waals surface area (Å²) in [5.74, 6) is 1.17. The van der Waals surface area contributed by atoms with Crippen LogP contribution >= 0.6 is 11.3 Å². The van der Waals surface area contributed by atoms with Crippen LogP contribution < -0.4 is 5.32 Å². The highest BCUT2D eigenvalue weighted by molar-refractivity contribution is 7.20. The third-order valence-electron chi connectivity index (χ3n) is 3.86. The molecular weight excluding hydrogens is 286 g/mol. The minimum absolute atomic E-state index is 0.0144. The Morgan fingerprint density at radius 2 is 2.19 bits per heavy atom. The fraction of sp³-hybridized carbons (Fsp3) is 0.533. The van der Waals surface area contributed by atoms with Gasteiger partial charge in [0.25, 0.3) is 5.91 Å². The number of amides is 1. The average molecular weight is 305 g/mol. The number of carbonyl (C=O) groups is 1. The van der Waals surface area contributed by atoms with Crippen LogP contribution in [0.15, 0.2) is 0 Å². The number of aryl methyl sites for hydroxylation is 3. The van der Waals surface area contributed by atoms with Gasteiger partial charge in [0.15, 0.2) is 0 Å². The van der Waals surface area contributed by atoms with Gasteiger partial charge in [-0.1, -0.05) is 0 Å². The van der Waals surface area contributed by atoms with Crippen molar-refractivity contribution in [3.8, 4) is 0 Å². The van der Waals surface area contributed by atoms with Crippen LogP contribution in [-0.4, -0.2) is 35.6 Å². The normalized spacial score (nSPS) is 18.3. The van der Waals surface area contributed by atoms with E-state index in [-0.39, 0.29) is 5.91 Å². The molecule has 0 aromatic carbocycles. The zero-order chi connectivity index (χ0) is 15.0. The van der Waals surface area contributed by atoms with Gasteiger partial charge in [0.2, 0.25) is 0 Å². The van der Waals surface area contributed by atoms with Crippen LogP contribution in [0.1, 0.15) is 33.2 Å². The second-order valence-corrected chi connectivity index (χ2v) is 6.53. The summed E-state index contributed by atoms with van der Waals surface area (Å²) < 4.78 is 5.33. The number of thiophene rings is 1. The van der Waals surface area contributed by atoms with Crippen LogP contribution in [0.4, 0.5) is 0 Å². The average Bonchev–Trinajstić information content (AvgIpc) is 3.04. The van der Waals surface area contributed by atoms with Crippen molar-refractivity contribution in [2.24, 2.45) is 5.92 Å². The van der Waals surface area contributed by atoms with Gasteiger partial charge < -0.3 is 10.1 Å². The first-order valence-corrected chi connectivity index (χ1v) is 7.98. The highest BCUT2D eigenvalue weighted by Crippen LogP contribution is 2.31. The van der Waals surface area contributed by atoms with Crippen LogP contribution in [0.2, 0.25) is 0 Å². The molecule has 21 heavy (non-hydrogen) atoms. The lowest BCUT2D eigenvalue weighted by Gasteiger charge is -2.08. The third kappa shape index (κ3) is 2.78. The zero-order valence-corrected chi connectivity index (χ0v) is 13.3. The lowest BCUT2D eigenvalue weighted by atomic mass is 10.1. The second kappa shape index (κ2) is 5.69.